The number of hydrogen-bond donors (Lipinski definition) is 2. The van der Waals surface area contributed by atoms with E-state index in [1.165, 1.54) is 12.8 Å². The zero-order valence-corrected chi connectivity index (χ0v) is 13.1. The maximum atomic E-state index is 12.2. The van der Waals surface area contributed by atoms with E-state index in [1.807, 2.05) is 18.2 Å². The Morgan fingerprint density at radius 2 is 2.14 bits per heavy atom. The van der Waals surface area contributed by atoms with Gasteiger partial charge in [0.15, 0.2) is 11.5 Å². The van der Waals surface area contributed by atoms with Crippen LogP contribution in [0.4, 0.5) is 5.69 Å². The van der Waals surface area contributed by atoms with Crippen molar-refractivity contribution in [3.05, 3.63) is 24.1 Å². The maximum Gasteiger partial charge on any atom is 0.241 e. The largest absolute Gasteiger partial charge is 0.440 e. The fourth-order valence-electron chi connectivity index (χ4n) is 2.83. The monoisotopic (exact) mass is 321 g/mol. The van der Waals surface area contributed by atoms with Gasteiger partial charge in [-0.15, -0.1) is 12.4 Å². The molecule has 22 heavy (non-hydrogen) atoms. The Bertz CT molecular complexity index is 675. The third kappa shape index (κ3) is 3.10. The third-order valence-electron chi connectivity index (χ3n) is 4.23. The first-order chi connectivity index (χ1) is 10.3. The van der Waals surface area contributed by atoms with Gasteiger partial charge < -0.3 is 15.1 Å². The van der Waals surface area contributed by atoms with E-state index >= 15 is 0 Å². The second-order valence-electron chi connectivity index (χ2n) is 6.00. The summed E-state index contributed by atoms with van der Waals surface area (Å²) in [5.74, 6) is 1.38. The van der Waals surface area contributed by atoms with Gasteiger partial charge in [0.25, 0.3) is 0 Å². The van der Waals surface area contributed by atoms with E-state index < -0.39 is 0 Å². The molecule has 1 aromatic carbocycles. The number of oxazole rings is 1. The number of nitrogens with zero attached hydrogens (tertiary/aromatic N) is 1. The molecule has 1 saturated heterocycles. The Morgan fingerprint density at radius 3 is 2.86 bits per heavy atom. The van der Waals surface area contributed by atoms with Crippen LogP contribution in [0.5, 0.6) is 0 Å². The minimum absolute atomic E-state index is 0. The van der Waals surface area contributed by atoms with Crippen LogP contribution in [0.1, 0.15) is 43.9 Å². The van der Waals surface area contributed by atoms with Crippen LogP contribution in [0.2, 0.25) is 0 Å². The fourth-order valence-corrected chi connectivity index (χ4v) is 2.83. The number of fused-ring (bicyclic) bond motifs is 1. The van der Waals surface area contributed by atoms with Crippen molar-refractivity contribution in [2.45, 2.75) is 44.1 Å². The molecular formula is C16H20ClN3O2. The SMILES string of the molecule is Cl.O=C(Nc1ccc2nc(C3CC3)oc2c1)C1CCCCN1. The molecule has 2 aliphatic rings. The molecule has 6 heteroatoms. The minimum atomic E-state index is -0.0776. The first-order valence-corrected chi connectivity index (χ1v) is 7.74. The van der Waals surface area contributed by atoms with Crippen molar-refractivity contribution < 1.29 is 9.21 Å². The fraction of sp³-hybridized carbons (Fsp3) is 0.500. The summed E-state index contributed by atoms with van der Waals surface area (Å²) in [6, 6.07) is 5.59. The van der Waals surface area contributed by atoms with E-state index in [0.29, 0.717) is 5.92 Å². The lowest BCUT2D eigenvalue weighted by molar-refractivity contribution is -0.118. The molecule has 0 bridgehead atoms. The van der Waals surface area contributed by atoms with E-state index in [-0.39, 0.29) is 24.4 Å². The molecule has 1 atom stereocenters. The van der Waals surface area contributed by atoms with Crippen molar-refractivity contribution in [2.75, 3.05) is 11.9 Å². The molecule has 1 saturated carbocycles. The van der Waals surface area contributed by atoms with Gasteiger partial charge in [0, 0.05) is 17.7 Å². The summed E-state index contributed by atoms with van der Waals surface area (Å²) in [6.07, 6.45) is 5.50. The summed E-state index contributed by atoms with van der Waals surface area (Å²) < 4.78 is 5.78. The number of hydrogen-bond acceptors (Lipinski definition) is 4. The number of aromatic nitrogens is 1. The summed E-state index contributed by atoms with van der Waals surface area (Å²) in [5.41, 5.74) is 2.40. The molecule has 2 N–H and O–H groups in total. The summed E-state index contributed by atoms with van der Waals surface area (Å²) >= 11 is 0. The van der Waals surface area contributed by atoms with E-state index in [9.17, 15) is 4.79 Å². The van der Waals surface area contributed by atoms with Crippen LogP contribution in [0.25, 0.3) is 11.1 Å². The molecule has 118 valence electrons. The van der Waals surface area contributed by atoms with Gasteiger partial charge in [0.05, 0.1) is 6.04 Å². The maximum absolute atomic E-state index is 12.2. The number of benzene rings is 1. The topological polar surface area (TPSA) is 67.2 Å². The molecule has 1 aromatic heterocycles. The molecule has 1 unspecified atom stereocenters. The average Bonchev–Trinajstić information content (AvgIpc) is 3.28. The van der Waals surface area contributed by atoms with Gasteiger partial charge in [0.1, 0.15) is 5.52 Å². The molecule has 1 amide bonds. The normalized spacial score (nSPS) is 21.4. The number of carbonyl (C=O) groups is 1. The Balaban J connectivity index is 0.00000144. The Labute approximate surface area is 135 Å². The van der Waals surface area contributed by atoms with Crippen LogP contribution in [0.3, 0.4) is 0 Å². The van der Waals surface area contributed by atoms with E-state index in [2.05, 4.69) is 15.6 Å². The number of piperidine rings is 1. The molecular weight excluding hydrogens is 302 g/mol. The lowest BCUT2D eigenvalue weighted by Crippen LogP contribution is -2.43. The molecule has 1 aliphatic carbocycles. The highest BCUT2D eigenvalue weighted by Gasteiger charge is 2.29. The van der Waals surface area contributed by atoms with Crippen molar-refractivity contribution >= 4 is 35.1 Å². The van der Waals surface area contributed by atoms with E-state index in [0.717, 1.165) is 48.5 Å². The van der Waals surface area contributed by atoms with Gasteiger partial charge in [0.2, 0.25) is 5.91 Å². The number of anilines is 1. The number of rotatable bonds is 3. The summed E-state index contributed by atoms with van der Waals surface area (Å²) in [5, 5.41) is 6.22. The van der Waals surface area contributed by atoms with Gasteiger partial charge in [-0.2, -0.15) is 0 Å². The smallest absolute Gasteiger partial charge is 0.241 e. The van der Waals surface area contributed by atoms with Crippen LogP contribution >= 0.6 is 12.4 Å². The minimum Gasteiger partial charge on any atom is -0.440 e. The third-order valence-corrected chi connectivity index (χ3v) is 4.23. The second kappa shape index (κ2) is 6.26. The Kier molecular flexibility index (Phi) is 4.36. The zero-order valence-electron chi connectivity index (χ0n) is 12.3. The van der Waals surface area contributed by atoms with Crippen LogP contribution in [-0.2, 0) is 4.79 Å². The van der Waals surface area contributed by atoms with Crippen molar-refractivity contribution in [3.8, 4) is 0 Å². The number of amides is 1. The van der Waals surface area contributed by atoms with Crippen LogP contribution in [0, 0.1) is 0 Å². The summed E-state index contributed by atoms with van der Waals surface area (Å²) in [4.78, 5) is 16.7. The molecule has 2 fully saturated rings. The van der Waals surface area contributed by atoms with Gasteiger partial charge in [-0.1, -0.05) is 6.42 Å². The summed E-state index contributed by atoms with van der Waals surface area (Å²) in [6.45, 7) is 0.921. The zero-order chi connectivity index (χ0) is 14.2. The molecule has 1 aliphatic heterocycles. The molecule has 0 spiro atoms. The highest BCUT2D eigenvalue weighted by Crippen LogP contribution is 2.40. The van der Waals surface area contributed by atoms with Crippen LogP contribution in [-0.4, -0.2) is 23.5 Å². The number of halogens is 1. The Hall–Kier alpha value is -1.59. The first kappa shape index (κ1) is 15.3. The molecule has 2 aromatic rings. The number of nitrogens with one attached hydrogen (secondary N) is 2. The lowest BCUT2D eigenvalue weighted by Gasteiger charge is -2.22. The highest BCUT2D eigenvalue weighted by atomic mass is 35.5. The van der Waals surface area contributed by atoms with Gasteiger partial charge in [-0.3, -0.25) is 4.79 Å². The van der Waals surface area contributed by atoms with Gasteiger partial charge in [-0.05, 0) is 44.4 Å². The average molecular weight is 322 g/mol. The van der Waals surface area contributed by atoms with Crippen molar-refractivity contribution in [3.63, 3.8) is 0 Å². The van der Waals surface area contributed by atoms with Crippen molar-refractivity contribution in [1.82, 2.24) is 10.3 Å². The van der Waals surface area contributed by atoms with Crippen molar-refractivity contribution in [2.24, 2.45) is 0 Å². The second-order valence-corrected chi connectivity index (χ2v) is 6.00. The Morgan fingerprint density at radius 1 is 1.27 bits per heavy atom. The lowest BCUT2D eigenvalue weighted by atomic mass is 10.0. The molecule has 2 heterocycles. The predicted octanol–water partition coefficient (Wildman–Crippen LogP) is 3.21. The molecule has 4 rings (SSSR count). The van der Waals surface area contributed by atoms with Gasteiger partial charge in [-0.25, -0.2) is 4.98 Å². The quantitative estimate of drug-likeness (QED) is 0.911. The number of carbonyl (C=O) groups excluding carboxylic acids is 1. The van der Waals surface area contributed by atoms with E-state index in [1.54, 1.807) is 0 Å². The first-order valence-electron chi connectivity index (χ1n) is 7.74. The highest BCUT2D eigenvalue weighted by molar-refractivity contribution is 5.96. The van der Waals surface area contributed by atoms with Crippen LogP contribution in [0.15, 0.2) is 22.6 Å². The van der Waals surface area contributed by atoms with Crippen molar-refractivity contribution in [1.29, 1.82) is 0 Å². The van der Waals surface area contributed by atoms with Crippen LogP contribution < -0.4 is 10.6 Å². The summed E-state index contributed by atoms with van der Waals surface area (Å²) in [7, 11) is 0. The molecule has 5 nitrogen and oxygen atoms in total. The van der Waals surface area contributed by atoms with E-state index in [4.69, 9.17) is 4.42 Å². The standard InChI is InChI=1S/C16H19N3O2.ClH/c20-15(13-3-1-2-8-17-13)18-11-6-7-12-14(9-11)21-16(19-12)10-4-5-10;/h6-7,9-10,13,17H,1-5,8H2,(H,18,20);1H. The molecule has 0 radical (unpaired) electrons. The predicted molar refractivity (Wildman–Crippen MR) is 87.5 cm³/mol. The van der Waals surface area contributed by atoms with Gasteiger partial charge >= 0.3 is 0 Å².